The monoisotopic (exact) mass is 1150 g/mol. The van der Waals surface area contributed by atoms with Crippen LogP contribution in [0.1, 0.15) is 412 Å². The number of unbranched alkanes of at least 4 members (excludes halogenated alkanes) is 53. The van der Waals surface area contributed by atoms with E-state index in [0.717, 1.165) is 51.4 Å². The Kier molecular flexibility index (Phi) is 69.9. The fourth-order valence-corrected chi connectivity index (χ4v) is 11.7. The fourth-order valence-electron chi connectivity index (χ4n) is 11.7. The Labute approximate surface area is 513 Å². The Morgan fingerprint density at radius 3 is 0.963 bits per heavy atom. The summed E-state index contributed by atoms with van der Waals surface area (Å²) in [5.74, 6) is -0.0303. The van der Waals surface area contributed by atoms with Gasteiger partial charge in [0, 0.05) is 12.8 Å². The van der Waals surface area contributed by atoms with Crippen LogP contribution in [0, 0.1) is 0 Å². The number of aliphatic hydroxyl groups excluding tert-OH is 2. The molecule has 0 bridgehead atoms. The zero-order valence-corrected chi connectivity index (χ0v) is 55.5. The van der Waals surface area contributed by atoms with Gasteiger partial charge in [-0.2, -0.15) is 0 Å². The van der Waals surface area contributed by atoms with Gasteiger partial charge >= 0.3 is 5.97 Å². The molecule has 0 saturated heterocycles. The lowest BCUT2D eigenvalue weighted by molar-refractivity contribution is -0.143. The van der Waals surface area contributed by atoms with E-state index in [1.807, 2.05) is 0 Å². The number of aliphatic hydroxyl groups is 2. The lowest BCUT2D eigenvalue weighted by Crippen LogP contribution is -2.45. The van der Waals surface area contributed by atoms with E-state index >= 15 is 0 Å². The van der Waals surface area contributed by atoms with Gasteiger partial charge in [-0.1, -0.05) is 352 Å². The van der Waals surface area contributed by atoms with Crippen molar-refractivity contribution in [2.24, 2.45) is 0 Å². The molecule has 0 aromatic heterocycles. The SMILES string of the molecule is CCCCC/C=C\C/C=C\CCCCCCCCCCCC(=O)OCCCCCCCCCCCCC/C=C\CCCCCCCCCC(=O)NC(CO)C(O)CCCCCCCCCCCCCCCCCCCCCCCCCC. The molecule has 1 amide bonds. The molecule has 0 rings (SSSR count). The molecule has 0 fully saturated rings. The molecular formula is C76H145NO5. The van der Waals surface area contributed by atoms with Crippen molar-refractivity contribution in [3.05, 3.63) is 36.5 Å². The van der Waals surface area contributed by atoms with Crippen LogP contribution in [0.2, 0.25) is 0 Å². The maximum absolute atomic E-state index is 12.6. The molecule has 3 N–H and O–H groups in total. The number of carbonyl (C=O) groups excluding carboxylic acids is 2. The van der Waals surface area contributed by atoms with Gasteiger partial charge in [0.05, 0.1) is 25.4 Å². The van der Waals surface area contributed by atoms with Gasteiger partial charge in [0.15, 0.2) is 0 Å². The van der Waals surface area contributed by atoms with Crippen LogP contribution in [0.25, 0.3) is 0 Å². The van der Waals surface area contributed by atoms with E-state index in [4.69, 9.17) is 4.74 Å². The number of carbonyl (C=O) groups is 2. The van der Waals surface area contributed by atoms with Crippen molar-refractivity contribution in [3.63, 3.8) is 0 Å². The third kappa shape index (κ3) is 67.2. The van der Waals surface area contributed by atoms with Gasteiger partial charge in [-0.05, 0) is 83.5 Å². The summed E-state index contributed by atoms with van der Waals surface area (Å²) in [6, 6.07) is -0.549. The van der Waals surface area contributed by atoms with Gasteiger partial charge in [0.2, 0.25) is 5.91 Å². The zero-order valence-electron chi connectivity index (χ0n) is 55.5. The minimum Gasteiger partial charge on any atom is -0.466 e. The number of hydrogen-bond donors (Lipinski definition) is 3. The van der Waals surface area contributed by atoms with Crippen molar-refractivity contribution < 1.29 is 24.5 Å². The first-order valence-corrected chi connectivity index (χ1v) is 37.2. The second-order valence-corrected chi connectivity index (χ2v) is 25.6. The minimum atomic E-state index is -0.671. The third-order valence-corrected chi connectivity index (χ3v) is 17.4. The average molecular weight is 1150 g/mol. The largest absolute Gasteiger partial charge is 0.466 e. The predicted molar refractivity (Wildman–Crippen MR) is 361 cm³/mol. The second-order valence-electron chi connectivity index (χ2n) is 25.6. The molecule has 0 saturated carbocycles. The first-order chi connectivity index (χ1) is 40.5. The molecule has 0 radical (unpaired) electrons. The summed E-state index contributed by atoms with van der Waals surface area (Å²) in [5.41, 5.74) is 0. The summed E-state index contributed by atoms with van der Waals surface area (Å²) in [7, 11) is 0. The van der Waals surface area contributed by atoms with Crippen LogP contribution in [0.5, 0.6) is 0 Å². The van der Waals surface area contributed by atoms with Crippen LogP contribution in [-0.2, 0) is 14.3 Å². The van der Waals surface area contributed by atoms with E-state index in [1.165, 1.54) is 327 Å². The van der Waals surface area contributed by atoms with Crippen LogP contribution >= 0.6 is 0 Å². The van der Waals surface area contributed by atoms with Gasteiger partial charge in [0.1, 0.15) is 0 Å². The highest BCUT2D eigenvalue weighted by molar-refractivity contribution is 5.76. The maximum Gasteiger partial charge on any atom is 0.305 e. The number of amides is 1. The van der Waals surface area contributed by atoms with Gasteiger partial charge in [-0.15, -0.1) is 0 Å². The number of allylic oxidation sites excluding steroid dienone is 6. The van der Waals surface area contributed by atoms with Crippen LogP contribution < -0.4 is 5.32 Å². The van der Waals surface area contributed by atoms with Gasteiger partial charge < -0.3 is 20.3 Å². The number of esters is 1. The van der Waals surface area contributed by atoms with E-state index in [-0.39, 0.29) is 18.5 Å². The highest BCUT2D eigenvalue weighted by Gasteiger charge is 2.20. The van der Waals surface area contributed by atoms with Gasteiger partial charge in [0.25, 0.3) is 0 Å². The van der Waals surface area contributed by atoms with E-state index in [0.29, 0.717) is 25.9 Å². The molecule has 2 unspecified atom stereocenters. The molecule has 0 aliphatic rings. The molecule has 0 spiro atoms. The molecule has 0 aliphatic carbocycles. The Morgan fingerprint density at radius 1 is 0.341 bits per heavy atom. The zero-order chi connectivity index (χ0) is 59.2. The van der Waals surface area contributed by atoms with E-state index < -0.39 is 12.1 Å². The Bertz CT molecular complexity index is 1330. The quantitative estimate of drug-likeness (QED) is 0.0320. The lowest BCUT2D eigenvalue weighted by Gasteiger charge is -2.22. The lowest BCUT2D eigenvalue weighted by atomic mass is 10.0. The molecule has 2 atom stereocenters. The van der Waals surface area contributed by atoms with Crippen molar-refractivity contribution >= 4 is 11.9 Å². The summed E-state index contributed by atoms with van der Waals surface area (Å²) >= 11 is 0. The first-order valence-electron chi connectivity index (χ1n) is 37.2. The van der Waals surface area contributed by atoms with E-state index in [9.17, 15) is 19.8 Å². The number of nitrogens with one attached hydrogen (secondary N) is 1. The van der Waals surface area contributed by atoms with Gasteiger partial charge in [-0.25, -0.2) is 0 Å². The number of hydrogen-bond acceptors (Lipinski definition) is 5. The summed E-state index contributed by atoms with van der Waals surface area (Å²) in [5, 5.41) is 23.5. The summed E-state index contributed by atoms with van der Waals surface area (Å²) in [4.78, 5) is 24.7. The standard InChI is InChI=1S/C76H145NO5/c1-3-5-7-9-11-13-15-17-19-21-23-24-25-26-29-33-36-40-44-48-52-56-60-64-68-74(79)73(72-78)77-75(80)69-65-61-57-53-49-45-41-37-34-30-27-28-31-35-39-43-47-51-55-59-63-67-71-82-76(81)70-66-62-58-54-50-46-42-38-32-22-20-18-16-14-12-10-8-6-4-2/h12,14,18,20,30,34,73-74,78-79H,3-11,13,15-17,19,21-29,31-33,35-72H2,1-2H3,(H,77,80)/b14-12-,20-18-,34-30-. The molecule has 6 nitrogen and oxygen atoms in total. The van der Waals surface area contributed by atoms with Crippen molar-refractivity contribution in [1.82, 2.24) is 5.32 Å². The highest BCUT2D eigenvalue weighted by Crippen LogP contribution is 2.19. The molecule has 0 heterocycles. The minimum absolute atomic E-state index is 0.00713. The van der Waals surface area contributed by atoms with E-state index in [1.54, 1.807) is 0 Å². The first kappa shape index (κ1) is 80.1. The molecule has 0 aromatic carbocycles. The predicted octanol–water partition coefficient (Wildman–Crippen LogP) is 24.3. The molecule has 0 aromatic rings. The van der Waals surface area contributed by atoms with Crippen LogP contribution in [0.4, 0.5) is 0 Å². The summed E-state index contributed by atoms with van der Waals surface area (Å²) in [6.45, 7) is 4.96. The Balaban J connectivity index is 3.41. The maximum atomic E-state index is 12.6. The van der Waals surface area contributed by atoms with Crippen molar-refractivity contribution in [2.45, 2.75) is 424 Å². The molecule has 0 aliphatic heterocycles. The highest BCUT2D eigenvalue weighted by atomic mass is 16.5. The topological polar surface area (TPSA) is 95.9 Å². The third-order valence-electron chi connectivity index (χ3n) is 17.4. The van der Waals surface area contributed by atoms with Crippen molar-refractivity contribution in [3.8, 4) is 0 Å². The van der Waals surface area contributed by atoms with Crippen molar-refractivity contribution in [2.75, 3.05) is 13.2 Å². The van der Waals surface area contributed by atoms with Crippen LogP contribution in [0.15, 0.2) is 36.5 Å². The smallest absolute Gasteiger partial charge is 0.305 e. The number of rotatable bonds is 70. The van der Waals surface area contributed by atoms with Crippen LogP contribution in [0.3, 0.4) is 0 Å². The fraction of sp³-hybridized carbons (Fsp3) is 0.895. The van der Waals surface area contributed by atoms with Crippen molar-refractivity contribution in [1.29, 1.82) is 0 Å². The molecular weight excluding hydrogens is 1010 g/mol. The van der Waals surface area contributed by atoms with E-state index in [2.05, 4.69) is 55.6 Å². The Hall–Kier alpha value is -1.92. The average Bonchev–Trinajstić information content (AvgIpc) is 3.48. The normalized spacial score (nSPS) is 12.7. The summed E-state index contributed by atoms with van der Waals surface area (Å²) < 4.78 is 5.51. The van der Waals surface area contributed by atoms with Gasteiger partial charge in [-0.3, -0.25) is 9.59 Å². The second kappa shape index (κ2) is 71.6. The molecule has 82 heavy (non-hydrogen) atoms. The molecule has 484 valence electrons. The molecule has 6 heteroatoms. The van der Waals surface area contributed by atoms with Crippen LogP contribution in [-0.4, -0.2) is 47.4 Å². The Morgan fingerprint density at radius 2 is 0.610 bits per heavy atom. The number of ether oxygens (including phenoxy) is 1. The summed E-state index contributed by atoms with van der Waals surface area (Å²) in [6.07, 6.45) is 92.0.